The molecule has 0 fully saturated rings. The molecular weight excluding hydrogens is 412 g/mol. The van der Waals surface area contributed by atoms with Gasteiger partial charge in [-0.3, -0.25) is 4.79 Å². The molecule has 0 bridgehead atoms. The van der Waals surface area contributed by atoms with Crippen molar-refractivity contribution in [2.45, 2.75) is 45.6 Å². The van der Waals surface area contributed by atoms with Crippen LogP contribution in [0.25, 0.3) is 0 Å². The summed E-state index contributed by atoms with van der Waals surface area (Å²) in [5.74, 6) is 1.60. The zero-order chi connectivity index (χ0) is 23.7. The molecule has 0 heterocycles. The number of rotatable bonds is 12. The summed E-state index contributed by atoms with van der Waals surface area (Å²) >= 11 is 0. The van der Waals surface area contributed by atoms with Gasteiger partial charge in [0.15, 0.2) is 0 Å². The van der Waals surface area contributed by atoms with Crippen LogP contribution in [0.5, 0.6) is 11.5 Å². The third-order valence-electron chi connectivity index (χ3n) is 5.13. The average molecular weight is 449 g/mol. The van der Waals surface area contributed by atoms with Gasteiger partial charge in [-0.25, -0.2) is 0 Å². The summed E-state index contributed by atoms with van der Waals surface area (Å²) in [5.41, 5.74) is 9.71. The first-order valence-electron chi connectivity index (χ1n) is 11.5. The number of carbonyl (C=O) groups excluding carboxylic acids is 1. The van der Waals surface area contributed by atoms with Gasteiger partial charge in [-0.2, -0.15) is 0 Å². The lowest BCUT2D eigenvalue weighted by Gasteiger charge is -2.12. The van der Waals surface area contributed by atoms with Gasteiger partial charge in [-0.1, -0.05) is 68.3 Å². The fourth-order valence-corrected chi connectivity index (χ4v) is 3.34. The predicted octanol–water partition coefficient (Wildman–Crippen LogP) is 5.76. The Balaban J connectivity index is 0.000000294. The maximum absolute atomic E-state index is 10.8. The molecule has 0 radical (unpaired) electrons. The molecule has 0 aromatic heterocycles. The Labute approximate surface area is 197 Å². The van der Waals surface area contributed by atoms with Crippen molar-refractivity contribution in [3.63, 3.8) is 0 Å². The Bertz CT molecular complexity index is 945. The van der Waals surface area contributed by atoms with E-state index >= 15 is 0 Å². The molecule has 5 nitrogen and oxygen atoms in total. The molecule has 0 saturated heterocycles. The molecule has 0 aliphatic carbocycles. The van der Waals surface area contributed by atoms with Crippen molar-refractivity contribution >= 4 is 12.1 Å². The Hall–Kier alpha value is -3.31. The van der Waals surface area contributed by atoms with E-state index in [0.717, 1.165) is 29.8 Å². The third-order valence-corrected chi connectivity index (χ3v) is 5.13. The van der Waals surface area contributed by atoms with Crippen LogP contribution in [0.15, 0.2) is 72.8 Å². The highest BCUT2D eigenvalue weighted by molar-refractivity contribution is 5.75. The van der Waals surface area contributed by atoms with Gasteiger partial charge >= 0.3 is 0 Å². The smallest absolute Gasteiger partial charge is 0.211 e. The zero-order valence-corrected chi connectivity index (χ0v) is 19.8. The van der Waals surface area contributed by atoms with Crippen LogP contribution in [-0.2, 0) is 24.2 Å². The number of anilines is 1. The van der Waals surface area contributed by atoms with E-state index in [0.29, 0.717) is 25.3 Å². The minimum absolute atomic E-state index is 0.490. The Morgan fingerprint density at radius 1 is 0.879 bits per heavy atom. The minimum Gasteiger partial charge on any atom is -0.497 e. The van der Waals surface area contributed by atoms with Gasteiger partial charge in [0.2, 0.25) is 6.41 Å². The summed E-state index contributed by atoms with van der Waals surface area (Å²) in [5, 5.41) is 2.74. The SMILES string of the molecule is CCCCCc1ccc(OCc2ccccc2)c(NC=O)c1.COc1cccc(CCN)c1. The quantitative estimate of drug-likeness (QED) is 0.273. The van der Waals surface area contributed by atoms with Gasteiger partial charge in [0, 0.05) is 0 Å². The van der Waals surface area contributed by atoms with Crippen LogP contribution in [0.3, 0.4) is 0 Å². The summed E-state index contributed by atoms with van der Waals surface area (Å²) in [4.78, 5) is 10.8. The van der Waals surface area contributed by atoms with Crippen LogP contribution in [-0.4, -0.2) is 20.1 Å². The number of unbranched alkanes of at least 4 members (excludes halogenated alkanes) is 2. The van der Waals surface area contributed by atoms with E-state index in [1.807, 2.05) is 60.7 Å². The molecule has 3 aromatic carbocycles. The van der Waals surface area contributed by atoms with Gasteiger partial charge < -0.3 is 20.5 Å². The summed E-state index contributed by atoms with van der Waals surface area (Å²) in [6, 6.07) is 24.0. The standard InChI is InChI=1S/C19H23NO2.C9H13NO/c1-2-3-5-8-16-11-12-19(18(13-16)20-15-21)22-14-17-9-6-4-7-10-17;1-11-9-4-2-3-8(7-9)5-6-10/h4,6-7,9-13,15H,2-3,5,8,14H2,1H3,(H,20,21);2-4,7H,5-6,10H2,1H3. The number of ether oxygens (including phenoxy) is 2. The molecule has 3 aromatic rings. The maximum atomic E-state index is 10.8. The molecule has 0 spiro atoms. The molecule has 0 unspecified atom stereocenters. The topological polar surface area (TPSA) is 73.6 Å². The first-order chi connectivity index (χ1) is 16.2. The number of amides is 1. The van der Waals surface area contributed by atoms with Gasteiger partial charge in [0.25, 0.3) is 0 Å². The van der Waals surface area contributed by atoms with Crippen LogP contribution < -0.4 is 20.5 Å². The molecule has 0 aliphatic heterocycles. The largest absolute Gasteiger partial charge is 0.497 e. The van der Waals surface area contributed by atoms with Gasteiger partial charge in [-0.05, 0) is 66.8 Å². The number of benzene rings is 3. The molecular formula is C28H36N2O3. The van der Waals surface area contributed by atoms with E-state index in [4.69, 9.17) is 15.2 Å². The van der Waals surface area contributed by atoms with Crippen molar-refractivity contribution < 1.29 is 14.3 Å². The van der Waals surface area contributed by atoms with Crippen LogP contribution >= 0.6 is 0 Å². The highest BCUT2D eigenvalue weighted by atomic mass is 16.5. The minimum atomic E-state index is 0.490. The lowest BCUT2D eigenvalue weighted by atomic mass is 10.1. The molecule has 33 heavy (non-hydrogen) atoms. The van der Waals surface area contributed by atoms with Crippen molar-refractivity contribution in [1.29, 1.82) is 0 Å². The van der Waals surface area contributed by atoms with Crippen molar-refractivity contribution in [3.05, 3.63) is 89.5 Å². The monoisotopic (exact) mass is 448 g/mol. The molecule has 1 amide bonds. The molecule has 3 N–H and O–H groups in total. The van der Waals surface area contributed by atoms with Crippen molar-refractivity contribution in [3.8, 4) is 11.5 Å². The number of carbonyl (C=O) groups is 1. The van der Waals surface area contributed by atoms with E-state index in [1.165, 1.54) is 30.4 Å². The Morgan fingerprint density at radius 2 is 1.64 bits per heavy atom. The van der Waals surface area contributed by atoms with Crippen molar-refractivity contribution in [2.75, 3.05) is 19.0 Å². The van der Waals surface area contributed by atoms with E-state index in [1.54, 1.807) is 7.11 Å². The fraction of sp³-hybridized carbons (Fsp3) is 0.321. The maximum Gasteiger partial charge on any atom is 0.211 e. The first-order valence-corrected chi connectivity index (χ1v) is 11.5. The third kappa shape index (κ3) is 9.79. The highest BCUT2D eigenvalue weighted by Crippen LogP contribution is 2.27. The molecule has 0 atom stereocenters. The lowest BCUT2D eigenvalue weighted by Crippen LogP contribution is -2.02. The molecule has 0 aliphatic rings. The normalized spacial score (nSPS) is 10.0. The van der Waals surface area contributed by atoms with E-state index < -0.39 is 0 Å². The molecule has 176 valence electrons. The summed E-state index contributed by atoms with van der Waals surface area (Å²) in [6.45, 7) is 3.37. The number of aryl methyl sites for hydroxylation is 1. The second-order valence-electron chi connectivity index (χ2n) is 7.71. The van der Waals surface area contributed by atoms with Gasteiger partial charge in [-0.15, -0.1) is 0 Å². The fourth-order valence-electron chi connectivity index (χ4n) is 3.34. The zero-order valence-electron chi connectivity index (χ0n) is 19.8. The number of methoxy groups -OCH3 is 1. The second-order valence-corrected chi connectivity index (χ2v) is 7.71. The average Bonchev–Trinajstić information content (AvgIpc) is 2.85. The van der Waals surface area contributed by atoms with Gasteiger partial charge in [0.1, 0.15) is 18.1 Å². The molecule has 0 saturated carbocycles. The van der Waals surface area contributed by atoms with Crippen LogP contribution in [0.2, 0.25) is 0 Å². The summed E-state index contributed by atoms with van der Waals surface area (Å²) in [6.07, 6.45) is 6.24. The number of nitrogens with one attached hydrogen (secondary N) is 1. The Morgan fingerprint density at radius 3 is 2.33 bits per heavy atom. The summed E-state index contributed by atoms with van der Waals surface area (Å²) < 4.78 is 10.9. The number of hydrogen-bond donors (Lipinski definition) is 2. The number of hydrogen-bond acceptors (Lipinski definition) is 4. The van der Waals surface area contributed by atoms with Crippen molar-refractivity contribution in [2.24, 2.45) is 5.73 Å². The van der Waals surface area contributed by atoms with E-state index in [-0.39, 0.29) is 0 Å². The van der Waals surface area contributed by atoms with E-state index in [9.17, 15) is 4.79 Å². The lowest BCUT2D eigenvalue weighted by molar-refractivity contribution is -0.105. The molecule has 3 rings (SSSR count). The molecule has 5 heteroatoms. The van der Waals surface area contributed by atoms with Crippen LogP contribution in [0.4, 0.5) is 5.69 Å². The first kappa shape index (κ1) is 25.9. The van der Waals surface area contributed by atoms with Crippen molar-refractivity contribution in [1.82, 2.24) is 0 Å². The van der Waals surface area contributed by atoms with Gasteiger partial charge in [0.05, 0.1) is 12.8 Å². The number of nitrogens with two attached hydrogens (primary N) is 1. The van der Waals surface area contributed by atoms with Crippen LogP contribution in [0, 0.1) is 0 Å². The Kier molecular flexibility index (Phi) is 12.2. The van der Waals surface area contributed by atoms with E-state index in [2.05, 4.69) is 24.4 Å². The predicted molar refractivity (Wildman–Crippen MR) is 136 cm³/mol. The summed E-state index contributed by atoms with van der Waals surface area (Å²) in [7, 11) is 1.67. The highest BCUT2D eigenvalue weighted by Gasteiger charge is 2.06. The second kappa shape index (κ2) is 15.5. The van der Waals surface area contributed by atoms with Crippen LogP contribution in [0.1, 0.15) is 42.9 Å².